The minimum Gasteiger partial charge on any atom is -0.303 e. The molecular weight excluding hydrogens is 246 g/mol. The number of hydrogen-bond acceptors (Lipinski definition) is 3. The average Bonchev–Trinajstić information content (AvgIpc) is 2.44. The number of nitrogens with one attached hydrogen (secondary N) is 1. The zero-order chi connectivity index (χ0) is 14.8. The summed E-state index contributed by atoms with van der Waals surface area (Å²) in [5.41, 5.74) is -0.300. The van der Waals surface area contributed by atoms with Crippen LogP contribution in [-0.4, -0.2) is 36.6 Å². The van der Waals surface area contributed by atoms with Gasteiger partial charge in [-0.05, 0) is 64.1 Å². The highest BCUT2D eigenvalue weighted by atomic mass is 15.1. The van der Waals surface area contributed by atoms with Gasteiger partial charge in [-0.3, -0.25) is 5.32 Å². The second kappa shape index (κ2) is 9.37. The van der Waals surface area contributed by atoms with Gasteiger partial charge in [-0.2, -0.15) is 5.26 Å². The van der Waals surface area contributed by atoms with E-state index in [-0.39, 0.29) is 5.54 Å². The summed E-state index contributed by atoms with van der Waals surface area (Å²) in [6, 6.07) is 2.53. The molecule has 1 atom stereocenters. The van der Waals surface area contributed by atoms with Gasteiger partial charge in [-0.15, -0.1) is 0 Å². The highest BCUT2D eigenvalue weighted by Gasteiger charge is 2.27. The number of rotatable bonds is 11. The lowest BCUT2D eigenvalue weighted by atomic mass is 9.85. The molecule has 1 saturated carbocycles. The standard InChI is InChI=1S/C17H33N3/c1-4-12-19-17(5-2,15-18)11-8-13-20(6-3)14-16-9-7-10-16/h16,19H,4-14H2,1-3H3. The van der Waals surface area contributed by atoms with E-state index < -0.39 is 0 Å². The molecule has 0 radical (unpaired) electrons. The molecule has 0 aromatic carbocycles. The minimum absolute atomic E-state index is 0.300. The molecule has 1 N–H and O–H groups in total. The Hall–Kier alpha value is -0.590. The molecule has 0 aromatic heterocycles. The molecule has 0 heterocycles. The summed E-state index contributed by atoms with van der Waals surface area (Å²) in [7, 11) is 0. The first-order chi connectivity index (χ1) is 9.69. The van der Waals surface area contributed by atoms with Crippen LogP contribution in [-0.2, 0) is 0 Å². The Morgan fingerprint density at radius 1 is 1.30 bits per heavy atom. The molecule has 0 amide bonds. The predicted octanol–water partition coefficient (Wildman–Crippen LogP) is 3.56. The van der Waals surface area contributed by atoms with E-state index in [0.29, 0.717) is 0 Å². The molecule has 1 aliphatic rings. The molecule has 1 aliphatic carbocycles. The summed E-state index contributed by atoms with van der Waals surface area (Å²) < 4.78 is 0. The minimum atomic E-state index is -0.300. The normalized spacial score (nSPS) is 18.6. The third-order valence-electron chi connectivity index (χ3n) is 4.80. The van der Waals surface area contributed by atoms with Crippen LogP contribution in [0.5, 0.6) is 0 Å². The van der Waals surface area contributed by atoms with Crippen molar-refractivity contribution in [1.29, 1.82) is 5.26 Å². The van der Waals surface area contributed by atoms with Crippen LogP contribution in [0.15, 0.2) is 0 Å². The molecule has 3 heteroatoms. The van der Waals surface area contributed by atoms with Gasteiger partial charge in [0, 0.05) is 6.54 Å². The quantitative estimate of drug-likeness (QED) is 0.628. The van der Waals surface area contributed by atoms with Crippen molar-refractivity contribution in [3.8, 4) is 6.07 Å². The molecule has 20 heavy (non-hydrogen) atoms. The summed E-state index contributed by atoms with van der Waals surface area (Å²) in [4.78, 5) is 2.57. The van der Waals surface area contributed by atoms with Crippen LogP contribution >= 0.6 is 0 Å². The van der Waals surface area contributed by atoms with E-state index in [1.807, 2.05) is 0 Å². The van der Waals surface area contributed by atoms with Gasteiger partial charge in [0.1, 0.15) is 5.54 Å². The molecule has 1 unspecified atom stereocenters. The Morgan fingerprint density at radius 3 is 2.50 bits per heavy atom. The van der Waals surface area contributed by atoms with E-state index in [1.54, 1.807) is 0 Å². The van der Waals surface area contributed by atoms with Crippen LogP contribution in [0.1, 0.15) is 65.7 Å². The molecular formula is C17H33N3. The Labute approximate surface area is 125 Å². The molecule has 1 fully saturated rings. The Kier molecular flexibility index (Phi) is 8.18. The third-order valence-corrected chi connectivity index (χ3v) is 4.80. The highest BCUT2D eigenvalue weighted by Crippen LogP contribution is 2.27. The Bertz CT molecular complexity index is 293. The zero-order valence-corrected chi connectivity index (χ0v) is 13.7. The van der Waals surface area contributed by atoms with Gasteiger partial charge >= 0.3 is 0 Å². The van der Waals surface area contributed by atoms with Crippen LogP contribution < -0.4 is 5.32 Å². The fraction of sp³-hybridized carbons (Fsp3) is 0.941. The second-order valence-electron chi connectivity index (χ2n) is 6.27. The van der Waals surface area contributed by atoms with E-state index in [1.165, 1.54) is 25.8 Å². The van der Waals surface area contributed by atoms with E-state index in [2.05, 4.69) is 37.1 Å². The lowest BCUT2D eigenvalue weighted by Gasteiger charge is -2.33. The first kappa shape index (κ1) is 17.5. The summed E-state index contributed by atoms with van der Waals surface area (Å²) in [5.74, 6) is 0.945. The van der Waals surface area contributed by atoms with Crippen molar-refractivity contribution in [2.75, 3.05) is 26.2 Å². The first-order valence-electron chi connectivity index (χ1n) is 8.58. The van der Waals surface area contributed by atoms with E-state index in [4.69, 9.17) is 0 Å². The van der Waals surface area contributed by atoms with Gasteiger partial charge in [0.25, 0.3) is 0 Å². The van der Waals surface area contributed by atoms with Gasteiger partial charge < -0.3 is 4.90 Å². The van der Waals surface area contributed by atoms with Crippen molar-refractivity contribution in [3.05, 3.63) is 0 Å². The lowest BCUT2D eigenvalue weighted by Crippen LogP contribution is -2.44. The van der Waals surface area contributed by atoms with Crippen molar-refractivity contribution in [2.24, 2.45) is 5.92 Å². The number of nitrogens with zero attached hydrogens (tertiary/aromatic N) is 2. The van der Waals surface area contributed by atoms with Crippen molar-refractivity contribution >= 4 is 0 Å². The molecule has 0 aromatic rings. The van der Waals surface area contributed by atoms with Crippen molar-refractivity contribution < 1.29 is 0 Å². The number of nitriles is 1. The largest absolute Gasteiger partial charge is 0.303 e. The maximum Gasteiger partial charge on any atom is 0.106 e. The fourth-order valence-corrected chi connectivity index (χ4v) is 2.95. The van der Waals surface area contributed by atoms with Crippen LogP contribution in [0.2, 0.25) is 0 Å². The summed E-state index contributed by atoms with van der Waals surface area (Å²) in [5, 5.41) is 12.9. The molecule has 3 nitrogen and oxygen atoms in total. The molecule has 0 spiro atoms. The smallest absolute Gasteiger partial charge is 0.106 e. The van der Waals surface area contributed by atoms with Crippen molar-refractivity contribution in [2.45, 2.75) is 71.3 Å². The Morgan fingerprint density at radius 2 is 2.05 bits per heavy atom. The van der Waals surface area contributed by atoms with Crippen LogP contribution in [0, 0.1) is 17.2 Å². The van der Waals surface area contributed by atoms with Gasteiger partial charge in [0.15, 0.2) is 0 Å². The molecule has 0 saturated heterocycles. The predicted molar refractivity (Wildman–Crippen MR) is 85.6 cm³/mol. The molecule has 116 valence electrons. The Balaban J connectivity index is 2.32. The zero-order valence-electron chi connectivity index (χ0n) is 13.7. The van der Waals surface area contributed by atoms with E-state index >= 15 is 0 Å². The van der Waals surface area contributed by atoms with Gasteiger partial charge in [0.2, 0.25) is 0 Å². The molecule has 0 bridgehead atoms. The average molecular weight is 279 g/mol. The van der Waals surface area contributed by atoms with Crippen molar-refractivity contribution in [1.82, 2.24) is 10.2 Å². The van der Waals surface area contributed by atoms with Gasteiger partial charge in [-0.25, -0.2) is 0 Å². The third kappa shape index (κ3) is 5.42. The second-order valence-corrected chi connectivity index (χ2v) is 6.27. The molecule has 0 aliphatic heterocycles. The van der Waals surface area contributed by atoms with Crippen LogP contribution in [0.4, 0.5) is 0 Å². The fourth-order valence-electron chi connectivity index (χ4n) is 2.95. The van der Waals surface area contributed by atoms with Crippen LogP contribution in [0.25, 0.3) is 0 Å². The van der Waals surface area contributed by atoms with Gasteiger partial charge in [-0.1, -0.05) is 27.2 Å². The van der Waals surface area contributed by atoms with Crippen molar-refractivity contribution in [3.63, 3.8) is 0 Å². The summed E-state index contributed by atoms with van der Waals surface area (Å²) in [6.45, 7) is 11.0. The monoisotopic (exact) mass is 279 g/mol. The van der Waals surface area contributed by atoms with E-state index in [9.17, 15) is 5.26 Å². The summed E-state index contributed by atoms with van der Waals surface area (Å²) in [6.07, 6.45) is 8.36. The highest BCUT2D eigenvalue weighted by molar-refractivity contribution is 5.06. The van der Waals surface area contributed by atoms with Crippen LogP contribution in [0.3, 0.4) is 0 Å². The SMILES string of the molecule is CCCNC(C#N)(CC)CCCN(CC)CC1CCC1. The topological polar surface area (TPSA) is 39.1 Å². The first-order valence-corrected chi connectivity index (χ1v) is 8.58. The molecule has 1 rings (SSSR count). The van der Waals surface area contributed by atoms with Gasteiger partial charge in [0.05, 0.1) is 6.07 Å². The lowest BCUT2D eigenvalue weighted by molar-refractivity contribution is 0.177. The summed E-state index contributed by atoms with van der Waals surface area (Å²) >= 11 is 0. The number of hydrogen-bond donors (Lipinski definition) is 1. The maximum atomic E-state index is 9.49. The van der Waals surface area contributed by atoms with E-state index in [0.717, 1.165) is 51.2 Å². The maximum absolute atomic E-state index is 9.49.